The average molecular weight is 222 g/mol. The van der Waals surface area contributed by atoms with Gasteiger partial charge >= 0.3 is 0 Å². The van der Waals surface area contributed by atoms with Crippen LogP contribution in [0.25, 0.3) is 0 Å². The Hall–Kier alpha value is -0.860. The van der Waals surface area contributed by atoms with Crippen LogP contribution in [0.3, 0.4) is 0 Å². The number of rotatable bonds is 6. The van der Waals surface area contributed by atoms with Crippen LogP contribution in [-0.4, -0.2) is 12.2 Å². The predicted molar refractivity (Wildman–Crippen MR) is 66.2 cm³/mol. The largest absolute Gasteiger partial charge is 0.388 e. The van der Waals surface area contributed by atoms with E-state index in [0.717, 1.165) is 24.0 Å². The number of aliphatic hydroxyl groups excluding tert-OH is 1. The lowest BCUT2D eigenvalue weighted by atomic mass is 9.93. The van der Waals surface area contributed by atoms with Gasteiger partial charge in [0.1, 0.15) is 0 Å². The third-order valence-corrected chi connectivity index (χ3v) is 2.89. The van der Waals surface area contributed by atoms with Crippen LogP contribution in [0.4, 0.5) is 0 Å². The fraction of sp³-hybridized carbons (Fsp3) is 0.571. The Morgan fingerprint density at radius 1 is 1.38 bits per heavy atom. The molecular formula is C14H22O2. The highest BCUT2D eigenvalue weighted by atomic mass is 16.5. The van der Waals surface area contributed by atoms with E-state index in [9.17, 15) is 5.11 Å². The fourth-order valence-corrected chi connectivity index (χ4v) is 1.98. The Morgan fingerprint density at radius 3 is 2.75 bits per heavy atom. The number of aliphatic hydroxyl groups is 1. The molecular weight excluding hydrogens is 200 g/mol. The Balaban J connectivity index is 2.74. The van der Waals surface area contributed by atoms with E-state index >= 15 is 0 Å². The van der Waals surface area contributed by atoms with Crippen LogP contribution in [0.2, 0.25) is 0 Å². The first kappa shape index (κ1) is 13.2. The Labute approximate surface area is 98.3 Å². The summed E-state index contributed by atoms with van der Waals surface area (Å²) in [6, 6.07) is 8.01. The molecule has 1 aromatic carbocycles. The van der Waals surface area contributed by atoms with Crippen LogP contribution in [0.15, 0.2) is 24.3 Å². The summed E-state index contributed by atoms with van der Waals surface area (Å²) in [5.74, 6) is 0.308. The minimum absolute atomic E-state index is 0.308. The number of hydrogen-bond acceptors (Lipinski definition) is 2. The van der Waals surface area contributed by atoms with Gasteiger partial charge in [-0.25, -0.2) is 0 Å². The van der Waals surface area contributed by atoms with E-state index in [1.807, 2.05) is 24.3 Å². The Bertz CT molecular complexity index is 309. The summed E-state index contributed by atoms with van der Waals surface area (Å²) < 4.78 is 5.09. The molecule has 0 radical (unpaired) electrons. The quantitative estimate of drug-likeness (QED) is 0.800. The van der Waals surface area contributed by atoms with Gasteiger partial charge in [0.05, 0.1) is 12.7 Å². The van der Waals surface area contributed by atoms with Gasteiger partial charge in [0.2, 0.25) is 0 Å². The molecule has 0 aliphatic carbocycles. The average Bonchev–Trinajstić information content (AvgIpc) is 2.29. The maximum Gasteiger partial charge on any atom is 0.0815 e. The molecule has 0 spiro atoms. The summed E-state index contributed by atoms with van der Waals surface area (Å²) in [5.41, 5.74) is 2.11. The van der Waals surface area contributed by atoms with Gasteiger partial charge in [-0.2, -0.15) is 0 Å². The van der Waals surface area contributed by atoms with Gasteiger partial charge in [0, 0.05) is 7.11 Å². The SMILES string of the molecule is CCCC(C)C(O)c1cccc(COC)c1. The molecule has 2 heteroatoms. The second-order valence-corrected chi connectivity index (χ2v) is 4.39. The third kappa shape index (κ3) is 3.62. The summed E-state index contributed by atoms with van der Waals surface area (Å²) in [5, 5.41) is 10.2. The summed E-state index contributed by atoms with van der Waals surface area (Å²) in [7, 11) is 1.68. The molecule has 2 unspecified atom stereocenters. The van der Waals surface area contributed by atoms with E-state index in [1.165, 1.54) is 0 Å². The molecule has 0 aromatic heterocycles. The molecule has 0 amide bonds. The van der Waals surface area contributed by atoms with Crippen LogP contribution < -0.4 is 0 Å². The van der Waals surface area contributed by atoms with Crippen molar-refractivity contribution in [3.05, 3.63) is 35.4 Å². The maximum absolute atomic E-state index is 10.2. The number of ether oxygens (including phenoxy) is 1. The fourth-order valence-electron chi connectivity index (χ4n) is 1.98. The second-order valence-electron chi connectivity index (χ2n) is 4.39. The summed E-state index contributed by atoms with van der Waals surface area (Å²) in [4.78, 5) is 0. The molecule has 0 saturated carbocycles. The van der Waals surface area contributed by atoms with Crippen molar-refractivity contribution in [2.45, 2.75) is 39.4 Å². The standard InChI is InChI=1S/C14H22O2/c1-4-6-11(2)14(15)13-8-5-7-12(9-13)10-16-3/h5,7-9,11,14-15H,4,6,10H2,1-3H3. The summed E-state index contributed by atoms with van der Waals surface area (Å²) >= 11 is 0. The van der Waals surface area contributed by atoms with E-state index in [2.05, 4.69) is 13.8 Å². The maximum atomic E-state index is 10.2. The monoisotopic (exact) mass is 222 g/mol. The zero-order chi connectivity index (χ0) is 12.0. The lowest BCUT2D eigenvalue weighted by Crippen LogP contribution is -2.09. The third-order valence-electron chi connectivity index (χ3n) is 2.89. The van der Waals surface area contributed by atoms with E-state index in [1.54, 1.807) is 7.11 Å². The van der Waals surface area contributed by atoms with Crippen molar-refractivity contribution in [1.82, 2.24) is 0 Å². The van der Waals surface area contributed by atoms with Crippen LogP contribution in [-0.2, 0) is 11.3 Å². The molecule has 1 rings (SSSR count). The van der Waals surface area contributed by atoms with Crippen molar-refractivity contribution >= 4 is 0 Å². The van der Waals surface area contributed by atoms with E-state index in [-0.39, 0.29) is 6.10 Å². The summed E-state index contributed by atoms with van der Waals surface area (Å²) in [6.45, 7) is 4.84. The van der Waals surface area contributed by atoms with E-state index in [4.69, 9.17) is 4.74 Å². The lowest BCUT2D eigenvalue weighted by Gasteiger charge is -2.19. The highest BCUT2D eigenvalue weighted by Gasteiger charge is 2.15. The minimum Gasteiger partial charge on any atom is -0.388 e. The first-order chi connectivity index (χ1) is 7.69. The van der Waals surface area contributed by atoms with Gasteiger partial charge in [0.15, 0.2) is 0 Å². The highest BCUT2D eigenvalue weighted by molar-refractivity contribution is 5.25. The molecule has 0 aliphatic rings. The van der Waals surface area contributed by atoms with E-state index < -0.39 is 0 Å². The van der Waals surface area contributed by atoms with Gasteiger partial charge in [-0.15, -0.1) is 0 Å². The lowest BCUT2D eigenvalue weighted by molar-refractivity contribution is 0.112. The number of hydrogen-bond donors (Lipinski definition) is 1. The van der Waals surface area contributed by atoms with Crippen molar-refractivity contribution in [2.24, 2.45) is 5.92 Å². The minimum atomic E-state index is -0.364. The van der Waals surface area contributed by atoms with Gasteiger partial charge < -0.3 is 9.84 Å². The normalized spacial score (nSPS) is 14.8. The first-order valence-corrected chi connectivity index (χ1v) is 5.94. The van der Waals surface area contributed by atoms with Crippen LogP contribution >= 0.6 is 0 Å². The van der Waals surface area contributed by atoms with Crippen molar-refractivity contribution in [3.8, 4) is 0 Å². The second kappa shape index (κ2) is 6.66. The van der Waals surface area contributed by atoms with Crippen LogP contribution in [0.5, 0.6) is 0 Å². The molecule has 0 fully saturated rings. The zero-order valence-corrected chi connectivity index (χ0v) is 10.4. The number of benzene rings is 1. The molecule has 0 saturated heterocycles. The predicted octanol–water partition coefficient (Wildman–Crippen LogP) is 3.30. The Morgan fingerprint density at radius 2 is 2.12 bits per heavy atom. The van der Waals surface area contributed by atoms with Crippen molar-refractivity contribution in [3.63, 3.8) is 0 Å². The van der Waals surface area contributed by atoms with Crippen molar-refractivity contribution in [1.29, 1.82) is 0 Å². The molecule has 1 aromatic rings. The van der Waals surface area contributed by atoms with E-state index in [0.29, 0.717) is 12.5 Å². The molecule has 0 heterocycles. The molecule has 0 aliphatic heterocycles. The topological polar surface area (TPSA) is 29.5 Å². The molecule has 1 N–H and O–H groups in total. The first-order valence-electron chi connectivity index (χ1n) is 5.94. The van der Waals surface area contributed by atoms with Crippen molar-refractivity contribution < 1.29 is 9.84 Å². The Kier molecular flexibility index (Phi) is 5.50. The van der Waals surface area contributed by atoms with Gasteiger partial charge in [-0.1, -0.05) is 44.5 Å². The molecule has 2 atom stereocenters. The van der Waals surface area contributed by atoms with Crippen molar-refractivity contribution in [2.75, 3.05) is 7.11 Å². The number of methoxy groups -OCH3 is 1. The smallest absolute Gasteiger partial charge is 0.0815 e. The molecule has 0 bridgehead atoms. The van der Waals surface area contributed by atoms with Crippen LogP contribution in [0, 0.1) is 5.92 Å². The molecule has 16 heavy (non-hydrogen) atoms. The summed E-state index contributed by atoms with van der Waals surface area (Å²) in [6.07, 6.45) is 1.79. The zero-order valence-electron chi connectivity index (χ0n) is 10.4. The molecule has 90 valence electrons. The van der Waals surface area contributed by atoms with Gasteiger partial charge in [0.25, 0.3) is 0 Å². The molecule has 2 nitrogen and oxygen atoms in total. The highest BCUT2D eigenvalue weighted by Crippen LogP contribution is 2.25. The van der Waals surface area contributed by atoms with Gasteiger partial charge in [-0.3, -0.25) is 0 Å². The van der Waals surface area contributed by atoms with Crippen LogP contribution in [0.1, 0.15) is 43.9 Å². The van der Waals surface area contributed by atoms with Gasteiger partial charge in [-0.05, 0) is 23.5 Å².